The summed E-state index contributed by atoms with van der Waals surface area (Å²) >= 11 is 11.8. The lowest BCUT2D eigenvalue weighted by Crippen LogP contribution is -2.37. The molecule has 0 aromatic heterocycles. The van der Waals surface area contributed by atoms with Crippen LogP contribution in [0.2, 0.25) is 10.0 Å². The van der Waals surface area contributed by atoms with E-state index in [0.717, 1.165) is 0 Å². The van der Waals surface area contributed by atoms with Gasteiger partial charge < -0.3 is 10.2 Å². The van der Waals surface area contributed by atoms with E-state index in [9.17, 15) is 36.6 Å². The summed E-state index contributed by atoms with van der Waals surface area (Å²) in [4.78, 5) is 23.1. The van der Waals surface area contributed by atoms with E-state index in [4.69, 9.17) is 23.2 Å². The first kappa shape index (κ1) is 29.2. The van der Waals surface area contributed by atoms with Crippen LogP contribution in [0.4, 0.5) is 11.4 Å². The Kier molecular flexibility index (Phi) is 8.26. The van der Waals surface area contributed by atoms with E-state index >= 15 is 0 Å². The number of sulfonamides is 2. The molecule has 0 fully saturated rings. The molecule has 10 nitrogen and oxygen atoms in total. The van der Waals surface area contributed by atoms with Crippen molar-refractivity contribution in [1.29, 1.82) is 0 Å². The molecule has 40 heavy (non-hydrogen) atoms. The molecule has 0 aliphatic carbocycles. The lowest BCUT2D eigenvalue weighted by molar-refractivity contribution is -0.136. The molecule has 0 bridgehead atoms. The van der Waals surface area contributed by atoms with E-state index < -0.39 is 45.1 Å². The van der Waals surface area contributed by atoms with Crippen molar-refractivity contribution in [1.82, 2.24) is 0 Å². The Morgan fingerprint density at radius 2 is 0.900 bits per heavy atom. The van der Waals surface area contributed by atoms with Crippen LogP contribution in [-0.2, 0) is 29.6 Å². The van der Waals surface area contributed by atoms with Crippen molar-refractivity contribution < 1.29 is 36.6 Å². The maximum Gasteiger partial charge on any atom is 0.324 e. The third kappa shape index (κ3) is 5.85. The minimum Gasteiger partial charge on any atom is -0.480 e. The van der Waals surface area contributed by atoms with Gasteiger partial charge >= 0.3 is 11.9 Å². The highest BCUT2D eigenvalue weighted by Crippen LogP contribution is 2.38. The number of benzene rings is 4. The molecule has 4 aromatic rings. The van der Waals surface area contributed by atoms with Gasteiger partial charge in [0, 0.05) is 20.8 Å². The zero-order chi connectivity index (χ0) is 29.2. The number of halogens is 2. The molecule has 0 spiro atoms. The zero-order valence-electron chi connectivity index (χ0n) is 20.3. The summed E-state index contributed by atoms with van der Waals surface area (Å²) in [6.07, 6.45) is 0. The summed E-state index contributed by atoms with van der Waals surface area (Å²) < 4.78 is 55.7. The average Bonchev–Trinajstić information content (AvgIpc) is 2.90. The Morgan fingerprint density at radius 1 is 0.575 bits per heavy atom. The maximum atomic E-state index is 13.6. The molecule has 0 aliphatic heterocycles. The van der Waals surface area contributed by atoms with Crippen LogP contribution in [0.3, 0.4) is 0 Å². The van der Waals surface area contributed by atoms with Crippen molar-refractivity contribution in [3.05, 3.63) is 95.0 Å². The normalized spacial score (nSPS) is 11.8. The smallest absolute Gasteiger partial charge is 0.324 e. The van der Waals surface area contributed by atoms with Gasteiger partial charge in [0.1, 0.15) is 13.1 Å². The topological polar surface area (TPSA) is 149 Å². The molecule has 0 atom stereocenters. The van der Waals surface area contributed by atoms with Crippen LogP contribution < -0.4 is 8.61 Å². The fourth-order valence-electron chi connectivity index (χ4n) is 4.01. The molecule has 4 rings (SSSR count). The van der Waals surface area contributed by atoms with E-state index in [1.807, 2.05) is 0 Å². The zero-order valence-corrected chi connectivity index (χ0v) is 23.5. The minimum atomic E-state index is -4.43. The van der Waals surface area contributed by atoms with Gasteiger partial charge in [-0.05, 0) is 60.7 Å². The second-order valence-corrected chi connectivity index (χ2v) is 13.0. The number of nitrogens with zero attached hydrogens (tertiary/aromatic N) is 2. The fourth-order valence-corrected chi connectivity index (χ4v) is 7.13. The molecule has 0 radical (unpaired) electrons. The number of aliphatic carboxylic acids is 2. The second-order valence-electron chi connectivity index (χ2n) is 8.37. The Hall–Kier alpha value is -3.84. The number of anilines is 2. The Bertz CT molecular complexity index is 1680. The van der Waals surface area contributed by atoms with Gasteiger partial charge in [-0.1, -0.05) is 47.5 Å². The minimum absolute atomic E-state index is 0.0594. The first-order chi connectivity index (χ1) is 18.8. The number of carbonyl (C=O) groups is 2. The predicted molar refractivity (Wildman–Crippen MR) is 151 cm³/mol. The van der Waals surface area contributed by atoms with Crippen LogP contribution >= 0.6 is 23.2 Å². The van der Waals surface area contributed by atoms with Gasteiger partial charge in [0.05, 0.1) is 21.2 Å². The Labute approximate surface area is 239 Å². The molecule has 0 saturated carbocycles. The van der Waals surface area contributed by atoms with Crippen molar-refractivity contribution >= 4 is 77.3 Å². The standard InChI is InChI=1S/C26H20Cl2N2O8S2/c27-17-5-9-19(10-6-17)39(35,36)29(15-25(31)32)23-13-14-24(22-4-2-1-3-21(22)23)30(16-26(33)34)40(37,38)20-11-7-18(28)8-12-20/h1-14H,15-16H2,(H,31,32)(H,33,34). The highest BCUT2D eigenvalue weighted by Gasteiger charge is 2.32. The van der Waals surface area contributed by atoms with Gasteiger partial charge in [-0.25, -0.2) is 16.8 Å². The number of carboxylic acids is 2. The van der Waals surface area contributed by atoms with Gasteiger partial charge in [-0.15, -0.1) is 0 Å². The van der Waals surface area contributed by atoms with Crippen LogP contribution in [0.1, 0.15) is 0 Å². The summed E-state index contributed by atoms with van der Waals surface area (Å²) in [6, 6.07) is 18.9. The number of carboxylic acid groups (broad SMARTS) is 2. The highest BCUT2D eigenvalue weighted by atomic mass is 35.5. The lowest BCUT2D eigenvalue weighted by atomic mass is 10.1. The van der Waals surface area contributed by atoms with Crippen molar-refractivity contribution in [3.8, 4) is 0 Å². The highest BCUT2D eigenvalue weighted by molar-refractivity contribution is 7.93. The van der Waals surface area contributed by atoms with Crippen LogP contribution in [0.5, 0.6) is 0 Å². The molecule has 4 aromatic carbocycles. The van der Waals surface area contributed by atoms with Gasteiger partial charge in [0.25, 0.3) is 20.0 Å². The molecule has 0 heterocycles. The second kappa shape index (κ2) is 11.3. The molecule has 0 amide bonds. The van der Waals surface area contributed by atoms with Crippen LogP contribution in [0.15, 0.2) is 94.7 Å². The monoisotopic (exact) mass is 622 g/mol. The number of hydrogen-bond donors (Lipinski definition) is 2. The quantitative estimate of drug-likeness (QED) is 0.258. The van der Waals surface area contributed by atoms with Gasteiger partial charge in [-0.3, -0.25) is 18.2 Å². The van der Waals surface area contributed by atoms with Gasteiger partial charge in [-0.2, -0.15) is 0 Å². The average molecular weight is 623 g/mol. The Morgan fingerprint density at radius 3 is 1.20 bits per heavy atom. The fraction of sp³-hybridized carbons (Fsp3) is 0.0769. The third-order valence-corrected chi connectivity index (χ3v) is 9.83. The van der Waals surface area contributed by atoms with Gasteiger partial charge in [0.15, 0.2) is 0 Å². The summed E-state index contributed by atoms with van der Waals surface area (Å²) in [5, 5.41) is 20.0. The first-order valence-corrected chi connectivity index (χ1v) is 15.0. The lowest BCUT2D eigenvalue weighted by Gasteiger charge is -2.28. The molecular formula is C26H20Cl2N2O8S2. The largest absolute Gasteiger partial charge is 0.480 e. The summed E-state index contributed by atoms with van der Waals surface area (Å²) in [7, 11) is -8.86. The number of rotatable bonds is 10. The molecule has 0 saturated heterocycles. The van der Waals surface area contributed by atoms with E-state index in [-0.39, 0.29) is 42.0 Å². The van der Waals surface area contributed by atoms with E-state index in [1.165, 1.54) is 72.8 Å². The van der Waals surface area contributed by atoms with Crippen LogP contribution in [0.25, 0.3) is 10.8 Å². The van der Waals surface area contributed by atoms with Crippen LogP contribution in [-0.4, -0.2) is 52.1 Å². The molecule has 14 heteroatoms. The summed E-state index contributed by atoms with van der Waals surface area (Å²) in [5.41, 5.74) is -0.119. The first-order valence-electron chi connectivity index (χ1n) is 11.3. The SMILES string of the molecule is O=C(O)CN(c1ccc(N(CC(=O)O)S(=O)(=O)c2ccc(Cl)cc2)c2ccccc12)S(=O)(=O)c1ccc(Cl)cc1. The summed E-state index contributed by atoms with van der Waals surface area (Å²) in [5.74, 6) is -2.88. The van der Waals surface area contributed by atoms with Crippen molar-refractivity contribution in [2.45, 2.75) is 9.79 Å². The number of hydrogen-bond acceptors (Lipinski definition) is 6. The molecule has 208 valence electrons. The molecule has 2 N–H and O–H groups in total. The van der Waals surface area contributed by atoms with Crippen molar-refractivity contribution in [3.63, 3.8) is 0 Å². The van der Waals surface area contributed by atoms with E-state index in [1.54, 1.807) is 12.1 Å². The van der Waals surface area contributed by atoms with Gasteiger partial charge in [0.2, 0.25) is 0 Å². The third-order valence-electron chi connectivity index (χ3n) is 5.78. The predicted octanol–water partition coefficient (Wildman–Crippen LogP) is 4.71. The number of fused-ring (bicyclic) bond motifs is 1. The van der Waals surface area contributed by atoms with Crippen LogP contribution in [0, 0.1) is 0 Å². The van der Waals surface area contributed by atoms with E-state index in [0.29, 0.717) is 8.61 Å². The molecule has 0 aliphatic rings. The van der Waals surface area contributed by atoms with Crippen molar-refractivity contribution in [2.24, 2.45) is 0 Å². The molecule has 0 unspecified atom stereocenters. The molecular weight excluding hydrogens is 603 g/mol. The van der Waals surface area contributed by atoms with E-state index in [2.05, 4.69) is 0 Å². The van der Waals surface area contributed by atoms with Crippen molar-refractivity contribution in [2.75, 3.05) is 21.7 Å². The summed E-state index contributed by atoms with van der Waals surface area (Å²) in [6.45, 7) is -1.90. The maximum absolute atomic E-state index is 13.6. The Balaban J connectivity index is 1.95.